The monoisotopic (exact) mass is 597 g/mol. The normalized spacial score (nSPS) is 12.8. The zero-order valence-corrected chi connectivity index (χ0v) is 24.2. The summed E-state index contributed by atoms with van der Waals surface area (Å²) in [6.07, 6.45) is 1.70. The van der Waals surface area contributed by atoms with E-state index in [1.54, 1.807) is 36.5 Å². The molecule has 44 heavy (non-hydrogen) atoms. The van der Waals surface area contributed by atoms with Gasteiger partial charge in [-0.2, -0.15) is 10.1 Å². The number of fused-ring (bicyclic) bond motifs is 2. The number of aromatic amines is 1. The topological polar surface area (TPSA) is 131 Å². The molecule has 0 spiro atoms. The number of anilines is 4. The molecule has 0 radical (unpaired) electrons. The Labute approximate surface area is 251 Å². The van der Waals surface area contributed by atoms with Crippen molar-refractivity contribution in [1.29, 1.82) is 0 Å². The van der Waals surface area contributed by atoms with Crippen molar-refractivity contribution in [2.45, 2.75) is 13.5 Å². The molecule has 1 aliphatic rings. The molecule has 0 unspecified atom stereocenters. The molecule has 0 saturated heterocycles. The molecule has 5 aromatic rings. The van der Waals surface area contributed by atoms with Gasteiger partial charge in [0.25, 0.3) is 5.91 Å². The Hall–Kier alpha value is -5.43. The quantitative estimate of drug-likeness (QED) is 0.194. The second-order valence-electron chi connectivity index (χ2n) is 10.6. The minimum atomic E-state index is -0.918. The van der Waals surface area contributed by atoms with E-state index in [4.69, 9.17) is 4.98 Å². The average Bonchev–Trinajstić information content (AvgIpc) is 3.46. The average molecular weight is 598 g/mol. The second-order valence-corrected chi connectivity index (χ2v) is 10.6. The molecule has 4 N–H and O–H groups in total. The van der Waals surface area contributed by atoms with Crippen LogP contribution in [0.25, 0.3) is 22.2 Å². The molecule has 3 amide bonds. The van der Waals surface area contributed by atoms with Crippen LogP contribution in [0.3, 0.4) is 0 Å². The highest BCUT2D eigenvalue weighted by atomic mass is 19.1. The molecule has 13 heteroatoms. The first kappa shape index (κ1) is 28.7. The number of aromatic nitrogens is 4. The highest BCUT2D eigenvalue weighted by Crippen LogP contribution is 2.39. The molecule has 3 heterocycles. The van der Waals surface area contributed by atoms with E-state index in [1.807, 2.05) is 32.0 Å². The number of para-hydroxylation sites is 1. The Balaban J connectivity index is 1.44. The molecule has 224 valence electrons. The summed E-state index contributed by atoms with van der Waals surface area (Å²) in [6.45, 7) is 3.00. The van der Waals surface area contributed by atoms with Gasteiger partial charge in [-0.05, 0) is 69.0 Å². The summed E-state index contributed by atoms with van der Waals surface area (Å²) >= 11 is 0. The summed E-state index contributed by atoms with van der Waals surface area (Å²) in [5, 5.41) is 16.6. The number of hydrogen-bond donors (Lipinski definition) is 4. The number of rotatable bonds is 8. The van der Waals surface area contributed by atoms with Crippen molar-refractivity contribution in [2.75, 3.05) is 42.7 Å². The fourth-order valence-electron chi connectivity index (χ4n) is 5.00. The maximum absolute atomic E-state index is 15.0. The van der Waals surface area contributed by atoms with Crippen molar-refractivity contribution in [3.05, 3.63) is 89.1 Å². The third kappa shape index (κ3) is 5.52. The number of nitrogens with zero attached hydrogens (tertiary/aromatic N) is 5. The Bertz CT molecular complexity index is 1890. The first-order chi connectivity index (χ1) is 21.2. The molecular weight excluding hydrogens is 568 g/mol. The van der Waals surface area contributed by atoms with Crippen molar-refractivity contribution < 1.29 is 18.4 Å². The van der Waals surface area contributed by atoms with Gasteiger partial charge in [-0.25, -0.2) is 23.5 Å². The van der Waals surface area contributed by atoms with Crippen molar-refractivity contribution in [2.24, 2.45) is 0 Å². The zero-order chi connectivity index (χ0) is 31.0. The first-order valence-corrected chi connectivity index (χ1v) is 13.9. The first-order valence-electron chi connectivity index (χ1n) is 13.9. The van der Waals surface area contributed by atoms with Crippen LogP contribution < -0.4 is 20.9 Å². The standard InChI is InChI=1S/C31H29F2N9O2/c1-17-7-8-18(29(43)37-20-10-9-19-15-36-40-25(19)14-20)13-21(17)26-22-16-35-31(44)42(27-23(32)5-4-6-24(27)33)28(22)39-30(38-26)34-11-12-41(2)3/h4-10,13-15H,11-12,16H2,1-3H3,(H,35,44)(H,36,40)(H,37,43)(H,34,38,39). The summed E-state index contributed by atoms with van der Waals surface area (Å²) in [5.41, 5.74) is 3.43. The number of aryl methyl sites for hydroxylation is 1. The molecule has 3 aromatic carbocycles. The fraction of sp³-hybridized carbons (Fsp3) is 0.194. The summed E-state index contributed by atoms with van der Waals surface area (Å²) < 4.78 is 30.0. The predicted octanol–water partition coefficient (Wildman–Crippen LogP) is 5.19. The molecule has 1 aliphatic heterocycles. The van der Waals surface area contributed by atoms with Gasteiger partial charge in [0.15, 0.2) is 5.82 Å². The van der Waals surface area contributed by atoms with E-state index in [2.05, 4.69) is 31.1 Å². The maximum atomic E-state index is 15.0. The second kappa shape index (κ2) is 11.7. The van der Waals surface area contributed by atoms with Gasteiger partial charge in [0, 0.05) is 40.9 Å². The number of urea groups is 1. The van der Waals surface area contributed by atoms with Crippen LogP contribution in [-0.4, -0.2) is 64.2 Å². The highest BCUT2D eigenvalue weighted by molar-refractivity contribution is 6.06. The van der Waals surface area contributed by atoms with Gasteiger partial charge in [0.05, 0.1) is 24.0 Å². The number of benzene rings is 3. The Morgan fingerprint density at radius 2 is 1.86 bits per heavy atom. The van der Waals surface area contributed by atoms with Crippen LogP contribution in [0.4, 0.5) is 36.7 Å². The molecule has 0 atom stereocenters. The predicted molar refractivity (Wildman–Crippen MR) is 164 cm³/mol. The van der Waals surface area contributed by atoms with Crippen molar-refractivity contribution >= 4 is 46.0 Å². The number of carbonyl (C=O) groups is 2. The summed E-state index contributed by atoms with van der Waals surface area (Å²) in [6, 6.07) is 13.3. The number of likely N-dealkylation sites (N-methyl/N-ethyl adjacent to an activating group) is 1. The van der Waals surface area contributed by atoms with E-state index >= 15 is 0 Å². The highest BCUT2D eigenvalue weighted by Gasteiger charge is 2.34. The lowest BCUT2D eigenvalue weighted by Crippen LogP contribution is -2.43. The third-order valence-electron chi connectivity index (χ3n) is 7.27. The van der Waals surface area contributed by atoms with Gasteiger partial charge in [-0.3, -0.25) is 9.89 Å². The Morgan fingerprint density at radius 1 is 1.07 bits per heavy atom. The van der Waals surface area contributed by atoms with Crippen LogP contribution in [0, 0.1) is 18.6 Å². The van der Waals surface area contributed by atoms with Crippen molar-refractivity contribution in [3.8, 4) is 11.3 Å². The van der Waals surface area contributed by atoms with Gasteiger partial charge in [0.2, 0.25) is 5.95 Å². The molecule has 6 rings (SSSR count). The van der Waals surface area contributed by atoms with Gasteiger partial charge in [-0.15, -0.1) is 0 Å². The van der Waals surface area contributed by atoms with Crippen molar-refractivity contribution in [1.82, 2.24) is 30.4 Å². The van der Waals surface area contributed by atoms with Crippen LogP contribution in [0.1, 0.15) is 21.5 Å². The summed E-state index contributed by atoms with van der Waals surface area (Å²) in [7, 11) is 3.83. The van der Waals surface area contributed by atoms with E-state index in [-0.39, 0.29) is 24.2 Å². The fourth-order valence-corrected chi connectivity index (χ4v) is 5.00. The van der Waals surface area contributed by atoms with Crippen LogP contribution in [-0.2, 0) is 6.54 Å². The number of hydrogen-bond acceptors (Lipinski definition) is 7. The van der Waals surface area contributed by atoms with Crippen molar-refractivity contribution in [3.63, 3.8) is 0 Å². The van der Waals surface area contributed by atoms with E-state index in [0.717, 1.165) is 33.5 Å². The number of halogens is 2. The smallest absolute Gasteiger partial charge is 0.328 e. The van der Waals surface area contributed by atoms with E-state index in [9.17, 15) is 18.4 Å². The number of nitrogens with one attached hydrogen (secondary N) is 4. The van der Waals surface area contributed by atoms with Crippen LogP contribution in [0.15, 0.2) is 60.8 Å². The Morgan fingerprint density at radius 3 is 2.64 bits per heavy atom. The molecule has 0 saturated carbocycles. The lowest BCUT2D eigenvalue weighted by Gasteiger charge is -2.31. The summed E-state index contributed by atoms with van der Waals surface area (Å²) in [4.78, 5) is 38.7. The SMILES string of the molecule is Cc1ccc(C(=O)Nc2ccc3cn[nH]c3c2)cc1-c1nc(NCCN(C)C)nc2c1CNC(=O)N2c1c(F)cccc1F. The lowest BCUT2D eigenvalue weighted by molar-refractivity contribution is 0.102. The summed E-state index contributed by atoms with van der Waals surface area (Å²) in [5.74, 6) is -1.98. The van der Waals surface area contributed by atoms with Gasteiger partial charge in [-0.1, -0.05) is 12.1 Å². The van der Waals surface area contributed by atoms with E-state index < -0.39 is 23.4 Å². The molecule has 0 aliphatic carbocycles. The van der Waals surface area contributed by atoms with Gasteiger partial charge in [0.1, 0.15) is 17.3 Å². The third-order valence-corrected chi connectivity index (χ3v) is 7.27. The maximum Gasteiger partial charge on any atom is 0.328 e. The van der Waals surface area contributed by atoms with Gasteiger partial charge >= 0.3 is 6.03 Å². The molecule has 11 nitrogen and oxygen atoms in total. The molecular formula is C31H29F2N9O2. The number of carbonyl (C=O) groups excluding carboxylic acids is 2. The van der Waals surface area contributed by atoms with Crippen LogP contribution >= 0.6 is 0 Å². The number of amides is 3. The van der Waals surface area contributed by atoms with Crippen LogP contribution in [0.2, 0.25) is 0 Å². The molecule has 0 bridgehead atoms. The van der Waals surface area contributed by atoms with Gasteiger partial charge < -0.3 is 20.9 Å². The minimum absolute atomic E-state index is 0.00805. The zero-order valence-electron chi connectivity index (χ0n) is 24.2. The van der Waals surface area contributed by atoms with E-state index in [0.29, 0.717) is 41.2 Å². The largest absolute Gasteiger partial charge is 0.353 e. The molecule has 0 fully saturated rings. The molecule has 2 aromatic heterocycles. The lowest BCUT2D eigenvalue weighted by atomic mass is 9.97. The number of H-pyrrole nitrogens is 1. The van der Waals surface area contributed by atoms with E-state index in [1.165, 1.54) is 6.07 Å². The Kier molecular flexibility index (Phi) is 7.62. The van der Waals surface area contributed by atoms with Crippen LogP contribution in [0.5, 0.6) is 0 Å². The minimum Gasteiger partial charge on any atom is -0.353 e.